The fourth-order valence-electron chi connectivity index (χ4n) is 5.72. The summed E-state index contributed by atoms with van der Waals surface area (Å²) in [6.45, 7) is 2.50. The highest BCUT2D eigenvalue weighted by Gasteiger charge is 2.24. The number of halogens is 1. The molecule has 0 bridgehead atoms. The maximum Gasteiger partial charge on any atom is 0.335 e. The van der Waals surface area contributed by atoms with Crippen LogP contribution in [0.4, 0.5) is 0 Å². The van der Waals surface area contributed by atoms with Crippen molar-refractivity contribution in [2.24, 2.45) is 0 Å². The van der Waals surface area contributed by atoms with Gasteiger partial charge in [-0.25, -0.2) is 9.78 Å². The van der Waals surface area contributed by atoms with Crippen LogP contribution in [0.15, 0.2) is 84.9 Å². The molecule has 4 aromatic carbocycles. The molecule has 1 aliphatic carbocycles. The first kappa shape index (κ1) is 26.1. The molecule has 0 unspecified atom stereocenters. The summed E-state index contributed by atoms with van der Waals surface area (Å²) in [6.07, 6.45) is 5.71. The van der Waals surface area contributed by atoms with Crippen molar-refractivity contribution in [2.75, 3.05) is 0 Å². The molecular weight excluding hydrogens is 520 g/mol. The second-order valence-corrected chi connectivity index (χ2v) is 11.0. The molecule has 0 saturated heterocycles. The number of carbonyl (C=O) groups is 1. The predicted octanol–water partition coefficient (Wildman–Crippen LogP) is 9.11. The number of aromatic nitrogens is 2. The van der Waals surface area contributed by atoms with Gasteiger partial charge in [0.15, 0.2) is 0 Å². The topological polar surface area (TPSA) is 64.3 Å². The van der Waals surface area contributed by atoms with Gasteiger partial charge in [-0.1, -0.05) is 85.0 Å². The predicted molar refractivity (Wildman–Crippen MR) is 160 cm³/mol. The lowest BCUT2D eigenvalue weighted by molar-refractivity contribution is 0.0697. The van der Waals surface area contributed by atoms with Crippen molar-refractivity contribution < 1.29 is 14.6 Å². The summed E-state index contributed by atoms with van der Waals surface area (Å²) in [5.41, 5.74) is 7.28. The van der Waals surface area contributed by atoms with Gasteiger partial charge in [-0.3, -0.25) is 0 Å². The minimum absolute atomic E-state index is 0.230. The summed E-state index contributed by atoms with van der Waals surface area (Å²) in [7, 11) is 0. The summed E-state index contributed by atoms with van der Waals surface area (Å²) in [4.78, 5) is 16.5. The Balaban J connectivity index is 1.31. The zero-order valence-corrected chi connectivity index (χ0v) is 23.2. The van der Waals surface area contributed by atoms with Gasteiger partial charge in [-0.2, -0.15) is 0 Å². The number of fused-ring (bicyclic) bond motifs is 1. The average molecular weight is 551 g/mol. The van der Waals surface area contributed by atoms with Gasteiger partial charge in [-0.05, 0) is 72.9 Å². The molecule has 1 aliphatic rings. The van der Waals surface area contributed by atoms with Crippen LogP contribution in [-0.4, -0.2) is 20.6 Å². The van der Waals surface area contributed by atoms with Crippen LogP contribution in [0.3, 0.4) is 0 Å². The van der Waals surface area contributed by atoms with E-state index in [2.05, 4.69) is 47.9 Å². The van der Waals surface area contributed by atoms with E-state index in [-0.39, 0.29) is 5.56 Å². The van der Waals surface area contributed by atoms with E-state index in [0.717, 1.165) is 46.4 Å². The Morgan fingerprint density at radius 3 is 2.48 bits per heavy atom. The number of carboxylic acid groups (broad SMARTS) is 1. The van der Waals surface area contributed by atoms with Crippen LogP contribution in [0.2, 0.25) is 5.02 Å². The Morgan fingerprint density at radius 1 is 0.950 bits per heavy atom. The number of benzene rings is 4. The van der Waals surface area contributed by atoms with Crippen LogP contribution >= 0.6 is 11.6 Å². The fraction of sp³-hybridized carbons (Fsp3) is 0.235. The first-order valence-corrected chi connectivity index (χ1v) is 14.2. The smallest absolute Gasteiger partial charge is 0.335 e. The molecule has 5 aromatic rings. The second kappa shape index (κ2) is 11.2. The Morgan fingerprint density at radius 2 is 1.73 bits per heavy atom. The van der Waals surface area contributed by atoms with Gasteiger partial charge in [0.2, 0.25) is 0 Å². The molecule has 0 aliphatic heterocycles. The molecule has 1 fully saturated rings. The summed E-state index contributed by atoms with van der Waals surface area (Å²) in [6, 6.07) is 28.0. The number of nitrogens with zero attached hydrogens (tertiary/aromatic N) is 2. The van der Waals surface area contributed by atoms with Crippen molar-refractivity contribution in [3.8, 4) is 28.3 Å². The van der Waals surface area contributed by atoms with Gasteiger partial charge in [0, 0.05) is 11.6 Å². The van der Waals surface area contributed by atoms with Gasteiger partial charge < -0.3 is 14.4 Å². The minimum Gasteiger partial charge on any atom is -0.489 e. The molecule has 1 N–H and O–H groups in total. The Hall–Kier alpha value is -4.09. The Bertz CT molecular complexity index is 1680. The van der Waals surface area contributed by atoms with Gasteiger partial charge >= 0.3 is 5.97 Å². The highest BCUT2D eigenvalue weighted by Crippen LogP contribution is 2.39. The number of aromatic carboxylic acids is 1. The monoisotopic (exact) mass is 550 g/mol. The van der Waals surface area contributed by atoms with E-state index in [4.69, 9.17) is 21.3 Å². The molecule has 0 amide bonds. The van der Waals surface area contributed by atoms with Gasteiger partial charge in [0.25, 0.3) is 0 Å². The lowest BCUT2D eigenvalue weighted by Crippen LogP contribution is -2.14. The van der Waals surface area contributed by atoms with Gasteiger partial charge in [-0.15, -0.1) is 0 Å². The van der Waals surface area contributed by atoms with Crippen LogP contribution in [-0.2, 0) is 6.61 Å². The molecule has 0 atom stereocenters. The molecule has 5 nitrogen and oxygen atoms in total. The number of hydrogen-bond donors (Lipinski definition) is 1. The lowest BCUT2D eigenvalue weighted by Gasteiger charge is -2.26. The number of imidazole rings is 1. The fourth-order valence-corrected chi connectivity index (χ4v) is 5.97. The molecule has 6 heteroatoms. The maximum absolute atomic E-state index is 11.6. The van der Waals surface area contributed by atoms with E-state index in [1.807, 2.05) is 36.4 Å². The van der Waals surface area contributed by atoms with E-state index in [1.54, 1.807) is 12.1 Å². The van der Waals surface area contributed by atoms with E-state index < -0.39 is 5.97 Å². The largest absolute Gasteiger partial charge is 0.489 e. The zero-order valence-electron chi connectivity index (χ0n) is 22.4. The van der Waals surface area contributed by atoms with Crippen molar-refractivity contribution >= 4 is 28.6 Å². The van der Waals surface area contributed by atoms with E-state index >= 15 is 0 Å². The van der Waals surface area contributed by atoms with Crippen LogP contribution in [0.25, 0.3) is 33.5 Å². The number of ether oxygens (including phenoxy) is 1. The van der Waals surface area contributed by atoms with Crippen molar-refractivity contribution in [1.82, 2.24) is 9.55 Å². The number of aryl methyl sites for hydroxylation is 1. The molecule has 202 valence electrons. The quantitative estimate of drug-likeness (QED) is 0.219. The van der Waals surface area contributed by atoms with Crippen LogP contribution in [0.1, 0.15) is 59.6 Å². The summed E-state index contributed by atoms with van der Waals surface area (Å²) in [5.74, 6) is 0.491. The van der Waals surface area contributed by atoms with Crippen molar-refractivity contribution in [2.45, 2.75) is 51.7 Å². The van der Waals surface area contributed by atoms with E-state index in [9.17, 15) is 9.90 Å². The molecular formula is C34H31ClN2O3. The SMILES string of the molecule is Cc1ccc(-c2ccccc2COc2ccc(-c3nc4cc(C(=O)O)ccc4n3C3CCCCC3)c(Cl)c2)cc1. The van der Waals surface area contributed by atoms with Crippen molar-refractivity contribution in [1.29, 1.82) is 0 Å². The first-order chi connectivity index (χ1) is 19.5. The average Bonchev–Trinajstić information content (AvgIpc) is 3.35. The van der Waals surface area contributed by atoms with Crippen LogP contribution in [0, 0.1) is 6.92 Å². The Kier molecular flexibility index (Phi) is 7.31. The first-order valence-electron chi connectivity index (χ1n) is 13.8. The third-order valence-electron chi connectivity index (χ3n) is 7.83. The molecule has 40 heavy (non-hydrogen) atoms. The second-order valence-electron chi connectivity index (χ2n) is 10.6. The highest BCUT2D eigenvalue weighted by atomic mass is 35.5. The maximum atomic E-state index is 11.6. The number of hydrogen-bond acceptors (Lipinski definition) is 3. The highest BCUT2D eigenvalue weighted by molar-refractivity contribution is 6.33. The molecule has 1 saturated carbocycles. The van der Waals surface area contributed by atoms with Gasteiger partial charge in [0.1, 0.15) is 18.2 Å². The summed E-state index contributed by atoms with van der Waals surface area (Å²) in [5, 5.41) is 10.1. The van der Waals surface area contributed by atoms with Crippen molar-refractivity contribution in [3.05, 3.63) is 107 Å². The molecule has 6 rings (SSSR count). The van der Waals surface area contributed by atoms with E-state index in [0.29, 0.717) is 28.9 Å². The standard InChI is InChI=1S/C34H31ClN2O3/c1-22-11-13-23(14-12-22)28-10-6-5-7-25(28)21-40-27-16-17-29(30(35)20-27)33-36-31-19-24(34(38)39)15-18-32(31)37(33)26-8-3-2-4-9-26/h5-7,10-20,26H,2-4,8-9,21H2,1H3,(H,38,39). The minimum atomic E-state index is -0.959. The van der Waals surface area contributed by atoms with E-state index in [1.165, 1.54) is 24.8 Å². The lowest BCUT2D eigenvalue weighted by atomic mass is 9.94. The third-order valence-corrected chi connectivity index (χ3v) is 8.14. The summed E-state index contributed by atoms with van der Waals surface area (Å²) < 4.78 is 8.48. The number of rotatable bonds is 7. The molecule has 1 heterocycles. The zero-order chi connectivity index (χ0) is 27.6. The normalized spacial score (nSPS) is 13.9. The Labute approximate surface area is 239 Å². The van der Waals surface area contributed by atoms with Crippen molar-refractivity contribution in [3.63, 3.8) is 0 Å². The molecule has 1 aromatic heterocycles. The van der Waals surface area contributed by atoms with Crippen LogP contribution in [0.5, 0.6) is 5.75 Å². The molecule has 0 radical (unpaired) electrons. The molecule has 0 spiro atoms. The summed E-state index contributed by atoms with van der Waals surface area (Å²) >= 11 is 6.88. The third kappa shape index (κ3) is 5.22. The number of carboxylic acids is 1. The van der Waals surface area contributed by atoms with Crippen LogP contribution < -0.4 is 4.74 Å². The van der Waals surface area contributed by atoms with Gasteiger partial charge in [0.05, 0.1) is 21.6 Å².